The molecular weight excluding hydrogens is 407 g/mol. The van der Waals surface area contributed by atoms with Crippen LogP contribution in [0.1, 0.15) is 39.2 Å². The molecule has 2 aliphatic heterocycles. The Bertz CT molecular complexity index is 1040. The molecule has 0 aromatic heterocycles. The molecule has 168 valence electrons. The molecule has 2 atom stereocenters. The quantitative estimate of drug-likeness (QED) is 0.606. The van der Waals surface area contributed by atoms with Crippen LogP contribution in [0.2, 0.25) is 0 Å². The zero-order valence-electron chi connectivity index (χ0n) is 18.8. The van der Waals surface area contributed by atoms with E-state index in [1.807, 2.05) is 17.9 Å². The van der Waals surface area contributed by atoms with E-state index in [0.717, 1.165) is 12.8 Å². The van der Waals surface area contributed by atoms with Crippen LogP contribution in [0.4, 0.5) is 10.1 Å². The van der Waals surface area contributed by atoms with Crippen molar-refractivity contribution in [3.05, 3.63) is 65.6 Å². The molecule has 2 amide bonds. The Labute approximate surface area is 188 Å². The van der Waals surface area contributed by atoms with E-state index in [1.165, 1.54) is 17.0 Å². The van der Waals surface area contributed by atoms with E-state index in [0.29, 0.717) is 59.8 Å². The molecule has 0 bridgehead atoms. The maximum absolute atomic E-state index is 13.8. The van der Waals surface area contributed by atoms with Gasteiger partial charge in [0.05, 0.1) is 17.9 Å². The molecule has 2 aromatic carbocycles. The Kier molecular flexibility index (Phi) is 6.31. The Morgan fingerprint density at radius 1 is 0.969 bits per heavy atom. The number of para-hydroxylation sites is 2. The number of hydrogen-bond donors (Lipinski definition) is 0. The molecular formula is C26H29FN2O3. The van der Waals surface area contributed by atoms with Gasteiger partial charge in [-0.3, -0.25) is 9.59 Å². The fourth-order valence-corrected chi connectivity index (χ4v) is 4.73. The number of carbonyl (C=O) groups excluding carboxylic acids is 2. The third-order valence-corrected chi connectivity index (χ3v) is 5.95. The number of rotatable bonds is 6. The lowest BCUT2D eigenvalue weighted by molar-refractivity contribution is -0.120. The van der Waals surface area contributed by atoms with E-state index in [9.17, 15) is 14.0 Å². The minimum absolute atomic E-state index is 0.321. The van der Waals surface area contributed by atoms with Crippen LogP contribution in [0.5, 0.6) is 5.75 Å². The van der Waals surface area contributed by atoms with Crippen LogP contribution in [-0.2, 0) is 9.59 Å². The number of benzene rings is 2. The van der Waals surface area contributed by atoms with Crippen molar-refractivity contribution in [3.63, 3.8) is 0 Å². The molecule has 0 radical (unpaired) electrons. The lowest BCUT2D eigenvalue weighted by atomic mass is 9.91. The van der Waals surface area contributed by atoms with E-state index in [2.05, 4.69) is 13.8 Å². The van der Waals surface area contributed by atoms with Gasteiger partial charge in [0.2, 0.25) is 0 Å². The summed E-state index contributed by atoms with van der Waals surface area (Å²) >= 11 is 0. The summed E-state index contributed by atoms with van der Waals surface area (Å²) < 4.78 is 19.4. The van der Waals surface area contributed by atoms with Gasteiger partial charge in [-0.1, -0.05) is 45.0 Å². The molecule has 2 unspecified atom stereocenters. The van der Waals surface area contributed by atoms with Gasteiger partial charge in [0.25, 0.3) is 11.8 Å². The third-order valence-electron chi connectivity index (χ3n) is 5.95. The van der Waals surface area contributed by atoms with Gasteiger partial charge in [0, 0.05) is 13.1 Å². The fourth-order valence-electron chi connectivity index (χ4n) is 4.73. The van der Waals surface area contributed by atoms with E-state index in [4.69, 9.17) is 4.74 Å². The molecule has 0 N–H and O–H groups in total. The van der Waals surface area contributed by atoms with Crippen LogP contribution >= 0.6 is 0 Å². The molecule has 0 aliphatic carbocycles. The summed E-state index contributed by atoms with van der Waals surface area (Å²) in [4.78, 5) is 30.7. The van der Waals surface area contributed by atoms with Crippen molar-refractivity contribution in [1.82, 2.24) is 4.90 Å². The monoisotopic (exact) mass is 436 g/mol. The van der Waals surface area contributed by atoms with Gasteiger partial charge in [-0.25, -0.2) is 9.29 Å². The molecule has 4 rings (SSSR count). The molecule has 1 saturated heterocycles. The number of imide groups is 1. The predicted molar refractivity (Wildman–Crippen MR) is 123 cm³/mol. The fraction of sp³-hybridized carbons (Fsp3) is 0.385. The van der Waals surface area contributed by atoms with E-state index in [1.54, 1.807) is 30.3 Å². The number of ether oxygens (including phenoxy) is 1. The molecule has 32 heavy (non-hydrogen) atoms. The standard InChI is InChI=1S/C26H29FN2O3/c1-4-13-32-22-8-6-5-7-21(22)29-25(30)23(19-9-11-20(27)12-10-19)24(26(29)31)28-15-17(2)14-18(3)16-28/h5-12,17-18H,4,13-16H2,1-3H3. The van der Waals surface area contributed by atoms with E-state index >= 15 is 0 Å². The highest BCUT2D eigenvalue weighted by Crippen LogP contribution is 2.40. The summed E-state index contributed by atoms with van der Waals surface area (Å²) in [6.45, 7) is 8.21. The highest BCUT2D eigenvalue weighted by Gasteiger charge is 2.44. The average molecular weight is 437 g/mol. The smallest absolute Gasteiger partial charge is 0.282 e. The van der Waals surface area contributed by atoms with Crippen LogP contribution in [0.3, 0.4) is 0 Å². The number of hydrogen-bond acceptors (Lipinski definition) is 4. The van der Waals surface area contributed by atoms with Gasteiger partial charge in [0.15, 0.2) is 0 Å². The normalized spacial score (nSPS) is 21.5. The maximum atomic E-state index is 13.8. The van der Waals surface area contributed by atoms with Crippen molar-refractivity contribution in [1.29, 1.82) is 0 Å². The third kappa shape index (κ3) is 4.14. The Balaban J connectivity index is 1.81. The number of anilines is 1. The van der Waals surface area contributed by atoms with Crippen LogP contribution in [0, 0.1) is 17.7 Å². The first-order chi connectivity index (χ1) is 15.4. The molecule has 5 nitrogen and oxygen atoms in total. The first kappa shape index (κ1) is 22.1. The van der Waals surface area contributed by atoms with Crippen molar-refractivity contribution in [3.8, 4) is 5.75 Å². The van der Waals surface area contributed by atoms with Crippen LogP contribution in [-0.4, -0.2) is 36.4 Å². The number of piperidine rings is 1. The first-order valence-corrected chi connectivity index (χ1v) is 11.3. The van der Waals surface area contributed by atoms with Crippen molar-refractivity contribution in [2.45, 2.75) is 33.6 Å². The highest BCUT2D eigenvalue weighted by atomic mass is 19.1. The predicted octanol–water partition coefficient (Wildman–Crippen LogP) is 4.88. The Morgan fingerprint density at radius 2 is 1.62 bits per heavy atom. The summed E-state index contributed by atoms with van der Waals surface area (Å²) in [5.74, 6) is 0.146. The minimum atomic E-state index is -0.407. The first-order valence-electron chi connectivity index (χ1n) is 11.3. The van der Waals surface area contributed by atoms with Crippen LogP contribution in [0.25, 0.3) is 5.57 Å². The zero-order chi connectivity index (χ0) is 22.8. The molecule has 6 heteroatoms. The molecule has 0 spiro atoms. The second kappa shape index (κ2) is 9.15. The number of carbonyl (C=O) groups is 2. The number of nitrogens with zero attached hydrogens (tertiary/aromatic N) is 2. The Morgan fingerprint density at radius 3 is 2.28 bits per heavy atom. The van der Waals surface area contributed by atoms with E-state index < -0.39 is 5.91 Å². The van der Waals surface area contributed by atoms with Crippen LogP contribution < -0.4 is 9.64 Å². The lowest BCUT2D eigenvalue weighted by Gasteiger charge is -2.37. The number of halogens is 1. The van der Waals surface area contributed by atoms with Gasteiger partial charge < -0.3 is 9.64 Å². The molecule has 2 aromatic rings. The number of amides is 2. The van der Waals surface area contributed by atoms with Gasteiger partial charge in [0.1, 0.15) is 17.3 Å². The molecule has 1 fully saturated rings. The van der Waals surface area contributed by atoms with Crippen molar-refractivity contribution >= 4 is 23.1 Å². The molecule has 0 saturated carbocycles. The molecule has 2 heterocycles. The second-order valence-corrected chi connectivity index (χ2v) is 8.84. The molecule has 2 aliphatic rings. The highest BCUT2D eigenvalue weighted by molar-refractivity contribution is 6.45. The van der Waals surface area contributed by atoms with Gasteiger partial charge in [-0.05, 0) is 54.5 Å². The topological polar surface area (TPSA) is 49.9 Å². The van der Waals surface area contributed by atoms with Gasteiger partial charge in [-0.2, -0.15) is 0 Å². The summed E-state index contributed by atoms with van der Waals surface area (Å²) in [6.07, 6.45) is 1.89. The SMILES string of the molecule is CCCOc1ccccc1N1C(=O)C(c2ccc(F)cc2)=C(N2CC(C)CC(C)C2)C1=O. The lowest BCUT2D eigenvalue weighted by Crippen LogP contribution is -2.42. The summed E-state index contributed by atoms with van der Waals surface area (Å²) in [6, 6.07) is 12.9. The zero-order valence-corrected chi connectivity index (χ0v) is 18.8. The van der Waals surface area contributed by atoms with E-state index in [-0.39, 0.29) is 11.7 Å². The second-order valence-electron chi connectivity index (χ2n) is 8.84. The van der Waals surface area contributed by atoms with Crippen molar-refractivity contribution in [2.75, 3.05) is 24.6 Å². The van der Waals surface area contributed by atoms with Gasteiger partial charge in [-0.15, -0.1) is 0 Å². The van der Waals surface area contributed by atoms with Crippen molar-refractivity contribution < 1.29 is 18.7 Å². The van der Waals surface area contributed by atoms with Crippen molar-refractivity contribution in [2.24, 2.45) is 11.8 Å². The van der Waals surface area contributed by atoms with Gasteiger partial charge >= 0.3 is 0 Å². The summed E-state index contributed by atoms with van der Waals surface area (Å²) in [5, 5.41) is 0. The largest absolute Gasteiger partial charge is 0.491 e. The summed E-state index contributed by atoms with van der Waals surface area (Å²) in [5.41, 5.74) is 1.69. The Hall–Kier alpha value is -3.15. The summed E-state index contributed by atoms with van der Waals surface area (Å²) in [7, 11) is 0. The van der Waals surface area contributed by atoms with Crippen LogP contribution in [0.15, 0.2) is 54.2 Å². The number of likely N-dealkylation sites (tertiary alicyclic amines) is 1. The average Bonchev–Trinajstić information content (AvgIpc) is 3.02. The minimum Gasteiger partial charge on any atom is -0.491 e. The maximum Gasteiger partial charge on any atom is 0.282 e.